The van der Waals surface area contributed by atoms with Gasteiger partial charge in [-0.25, -0.2) is 4.39 Å². The van der Waals surface area contributed by atoms with E-state index in [1.165, 1.54) is 30.7 Å². The number of likely N-dealkylation sites (tertiary alicyclic amines) is 1. The van der Waals surface area contributed by atoms with Crippen molar-refractivity contribution >= 4 is 11.6 Å². The van der Waals surface area contributed by atoms with Gasteiger partial charge in [-0.2, -0.15) is 13.2 Å². The third-order valence-electron chi connectivity index (χ3n) is 7.25. The summed E-state index contributed by atoms with van der Waals surface area (Å²) in [6, 6.07) is 12.3. The summed E-state index contributed by atoms with van der Waals surface area (Å²) >= 11 is 0. The van der Waals surface area contributed by atoms with Gasteiger partial charge in [-0.05, 0) is 72.3 Å². The number of alkyl halides is 3. The second-order valence-electron chi connectivity index (χ2n) is 10.8. The van der Waals surface area contributed by atoms with Gasteiger partial charge in [0, 0.05) is 37.6 Å². The molecule has 2 aromatic carbocycles. The third-order valence-corrected chi connectivity index (χ3v) is 7.25. The Kier molecular flexibility index (Phi) is 8.26. The minimum Gasteiger partial charge on any atom is -0.322 e. The molecule has 220 valence electrons. The summed E-state index contributed by atoms with van der Waals surface area (Å²) in [5, 5.41) is 10.6. The van der Waals surface area contributed by atoms with Crippen molar-refractivity contribution in [2.75, 3.05) is 18.4 Å². The number of aromatic nitrogens is 4. The lowest BCUT2D eigenvalue weighted by atomic mass is 9.98. The average Bonchev–Trinajstić information content (AvgIpc) is 3.35. The smallest absolute Gasteiger partial charge is 0.322 e. The Hall–Kier alpha value is -4.32. The number of halogens is 4. The largest absolute Gasteiger partial charge is 0.406 e. The molecule has 0 unspecified atom stereocenters. The Bertz CT molecular complexity index is 1660. The minimum absolute atomic E-state index is 0.308. The summed E-state index contributed by atoms with van der Waals surface area (Å²) in [6.07, 6.45) is 0.0925. The van der Waals surface area contributed by atoms with E-state index >= 15 is 0 Å². The van der Waals surface area contributed by atoms with Gasteiger partial charge in [-0.3, -0.25) is 14.5 Å². The molecular formula is C30H30F4N6O2. The highest BCUT2D eigenvalue weighted by Gasteiger charge is 2.30. The first kappa shape index (κ1) is 29.2. The highest BCUT2D eigenvalue weighted by Crippen LogP contribution is 2.33. The number of nitrogens with zero attached hydrogens (tertiary/aromatic N) is 5. The number of anilines is 1. The topological polar surface area (TPSA) is 85.1 Å². The number of aryl methyl sites for hydroxylation is 1. The molecular weight excluding hydrogens is 552 g/mol. The molecule has 1 aliphatic heterocycles. The van der Waals surface area contributed by atoms with Crippen molar-refractivity contribution in [3.63, 3.8) is 0 Å². The summed E-state index contributed by atoms with van der Waals surface area (Å²) in [5.41, 5.74) is 1.07. The van der Waals surface area contributed by atoms with Crippen molar-refractivity contribution in [2.45, 2.75) is 39.0 Å². The van der Waals surface area contributed by atoms with Crippen LogP contribution in [0.25, 0.3) is 22.5 Å². The van der Waals surface area contributed by atoms with Crippen molar-refractivity contribution in [1.82, 2.24) is 24.2 Å². The molecule has 1 atom stereocenters. The number of benzene rings is 2. The second-order valence-corrected chi connectivity index (χ2v) is 10.8. The third kappa shape index (κ3) is 6.76. The molecule has 5 rings (SSSR count). The van der Waals surface area contributed by atoms with Gasteiger partial charge in [0.1, 0.15) is 24.3 Å². The Balaban J connectivity index is 1.46. The molecule has 0 aliphatic carbocycles. The molecule has 3 heterocycles. The molecule has 4 aromatic rings. The number of rotatable bonds is 7. The zero-order valence-corrected chi connectivity index (χ0v) is 23.2. The van der Waals surface area contributed by atoms with Crippen LogP contribution in [-0.2, 0) is 20.1 Å². The highest BCUT2D eigenvalue weighted by molar-refractivity contribution is 6.04. The fourth-order valence-electron chi connectivity index (χ4n) is 5.39. The van der Waals surface area contributed by atoms with Crippen molar-refractivity contribution in [2.24, 2.45) is 13.0 Å². The standard InChI is InChI=1S/C30H30F4N6O2/c1-19-5-4-10-39(14-19)15-20-11-26(29(42)40(16-20)17-30(32,33)34)28(41)36-23-7-3-6-21(12-23)24-9-8-22(31)13-25(24)27-37-35-18-38(27)2/h3,6-9,11-13,16,18-19H,4-5,10,14-15,17H2,1-2H3,(H,36,41)/t19-/m0/s1. The number of carbonyl (C=O) groups excluding carboxylic acids is 1. The van der Waals surface area contributed by atoms with E-state index in [0.29, 0.717) is 50.8 Å². The van der Waals surface area contributed by atoms with Crippen LogP contribution in [0.15, 0.2) is 65.8 Å². The van der Waals surface area contributed by atoms with Gasteiger partial charge in [-0.15, -0.1) is 10.2 Å². The van der Waals surface area contributed by atoms with Gasteiger partial charge in [0.2, 0.25) is 0 Å². The van der Waals surface area contributed by atoms with Gasteiger partial charge in [0.15, 0.2) is 5.82 Å². The van der Waals surface area contributed by atoms with E-state index in [4.69, 9.17) is 0 Å². The lowest BCUT2D eigenvalue weighted by Crippen LogP contribution is -2.36. The molecule has 1 aliphatic rings. The van der Waals surface area contributed by atoms with E-state index in [1.54, 1.807) is 41.9 Å². The molecule has 0 bridgehead atoms. The Morgan fingerprint density at radius 2 is 1.93 bits per heavy atom. The summed E-state index contributed by atoms with van der Waals surface area (Å²) in [7, 11) is 1.73. The number of nitrogens with one attached hydrogen (secondary N) is 1. The molecule has 0 radical (unpaired) electrons. The quantitative estimate of drug-likeness (QED) is 0.291. The SMILES string of the molecule is C[C@H]1CCCN(Cc2cc(C(=O)Nc3cccc(-c4ccc(F)cc4-c4nncn4C)c3)c(=O)n(CC(F)(F)F)c2)C1. The first-order chi connectivity index (χ1) is 20.0. The van der Waals surface area contributed by atoms with Crippen LogP contribution in [0.3, 0.4) is 0 Å². The minimum atomic E-state index is -4.64. The molecule has 12 heteroatoms. The molecule has 1 saturated heterocycles. The van der Waals surface area contributed by atoms with Gasteiger partial charge < -0.3 is 14.5 Å². The Labute approximate surface area is 239 Å². The second kappa shape index (κ2) is 11.9. The number of hydrogen-bond donors (Lipinski definition) is 1. The van der Waals surface area contributed by atoms with Crippen LogP contribution < -0.4 is 10.9 Å². The lowest BCUT2D eigenvalue weighted by molar-refractivity contribution is -0.141. The monoisotopic (exact) mass is 582 g/mol. The molecule has 8 nitrogen and oxygen atoms in total. The number of carbonyl (C=O) groups is 1. The molecule has 42 heavy (non-hydrogen) atoms. The predicted octanol–water partition coefficient (Wildman–Crippen LogP) is 5.50. The molecule has 0 spiro atoms. The average molecular weight is 583 g/mol. The Morgan fingerprint density at radius 1 is 1.12 bits per heavy atom. The summed E-state index contributed by atoms with van der Waals surface area (Å²) in [4.78, 5) is 28.5. The molecule has 1 fully saturated rings. The van der Waals surface area contributed by atoms with Crippen LogP contribution in [0, 0.1) is 11.7 Å². The summed E-state index contributed by atoms with van der Waals surface area (Å²) < 4.78 is 56.4. The van der Waals surface area contributed by atoms with Crippen molar-refractivity contribution in [3.8, 4) is 22.5 Å². The van der Waals surface area contributed by atoms with Gasteiger partial charge >= 0.3 is 6.18 Å². The Morgan fingerprint density at radius 3 is 2.64 bits per heavy atom. The van der Waals surface area contributed by atoms with E-state index in [2.05, 4.69) is 27.3 Å². The maximum Gasteiger partial charge on any atom is 0.406 e. The maximum absolute atomic E-state index is 14.2. The fourth-order valence-corrected chi connectivity index (χ4v) is 5.39. The number of pyridine rings is 1. The zero-order valence-electron chi connectivity index (χ0n) is 23.2. The first-order valence-electron chi connectivity index (χ1n) is 13.5. The van der Waals surface area contributed by atoms with Gasteiger partial charge in [0.05, 0.1) is 0 Å². The fraction of sp³-hybridized carbons (Fsp3) is 0.333. The van der Waals surface area contributed by atoms with Crippen molar-refractivity contribution < 1.29 is 22.4 Å². The predicted molar refractivity (Wildman–Crippen MR) is 150 cm³/mol. The van der Waals surface area contributed by atoms with Gasteiger partial charge in [-0.1, -0.05) is 25.1 Å². The summed E-state index contributed by atoms with van der Waals surface area (Å²) in [6.45, 7) is 2.52. The van der Waals surface area contributed by atoms with Crippen LogP contribution in [-0.4, -0.2) is 49.4 Å². The molecule has 2 aromatic heterocycles. The van der Waals surface area contributed by atoms with E-state index in [-0.39, 0.29) is 5.56 Å². The van der Waals surface area contributed by atoms with E-state index in [0.717, 1.165) is 25.9 Å². The van der Waals surface area contributed by atoms with E-state index in [1.807, 2.05) is 0 Å². The molecule has 0 saturated carbocycles. The van der Waals surface area contributed by atoms with Crippen LogP contribution in [0.4, 0.5) is 23.2 Å². The number of hydrogen-bond acceptors (Lipinski definition) is 5. The van der Waals surface area contributed by atoms with Crippen LogP contribution in [0.5, 0.6) is 0 Å². The van der Waals surface area contributed by atoms with E-state index < -0.39 is 30.0 Å². The number of piperidine rings is 1. The van der Waals surface area contributed by atoms with Crippen LogP contribution in [0.2, 0.25) is 0 Å². The van der Waals surface area contributed by atoms with Crippen molar-refractivity contribution in [1.29, 1.82) is 0 Å². The van der Waals surface area contributed by atoms with Crippen molar-refractivity contribution in [3.05, 3.63) is 88.4 Å². The zero-order chi connectivity index (χ0) is 30.0. The normalized spacial score (nSPS) is 16.0. The number of amides is 1. The highest BCUT2D eigenvalue weighted by atomic mass is 19.4. The summed E-state index contributed by atoms with van der Waals surface area (Å²) in [5.74, 6) is -0.404. The maximum atomic E-state index is 14.2. The lowest BCUT2D eigenvalue weighted by Gasteiger charge is -2.31. The first-order valence-corrected chi connectivity index (χ1v) is 13.5. The molecule has 1 amide bonds. The van der Waals surface area contributed by atoms with Gasteiger partial charge in [0.25, 0.3) is 11.5 Å². The van der Waals surface area contributed by atoms with E-state index in [9.17, 15) is 27.2 Å². The van der Waals surface area contributed by atoms with Crippen LogP contribution in [0.1, 0.15) is 35.7 Å². The van der Waals surface area contributed by atoms with Crippen LogP contribution >= 0.6 is 0 Å². The molecule has 1 N–H and O–H groups in total.